The second-order valence-electron chi connectivity index (χ2n) is 4.59. The zero-order chi connectivity index (χ0) is 13.4. The Labute approximate surface area is 120 Å². The molecule has 0 fully saturated rings. The molecule has 3 nitrogen and oxygen atoms in total. The number of nitrogens with two attached hydrogens (primary N) is 1. The molecular formula is C14H14ClN3S. The molecule has 0 amide bonds. The fraction of sp³-hybridized carbons (Fsp3) is 0.214. The molecule has 3 aromatic rings. The van der Waals surface area contributed by atoms with Crippen molar-refractivity contribution in [2.75, 3.05) is 0 Å². The van der Waals surface area contributed by atoms with E-state index in [2.05, 4.69) is 15.6 Å². The number of imidazole rings is 1. The van der Waals surface area contributed by atoms with Crippen LogP contribution in [0.1, 0.15) is 17.8 Å². The van der Waals surface area contributed by atoms with E-state index in [0.717, 1.165) is 20.2 Å². The molecule has 0 saturated carbocycles. The molecule has 2 atom stereocenters. The molecule has 3 rings (SSSR count). The third-order valence-electron chi connectivity index (χ3n) is 3.16. The van der Waals surface area contributed by atoms with E-state index in [-0.39, 0.29) is 12.1 Å². The van der Waals surface area contributed by atoms with E-state index >= 15 is 0 Å². The fourth-order valence-electron chi connectivity index (χ4n) is 2.34. The van der Waals surface area contributed by atoms with Gasteiger partial charge in [0.05, 0.1) is 27.7 Å². The number of hydrogen-bond donors (Lipinski definition) is 1. The number of benzene rings is 1. The van der Waals surface area contributed by atoms with Crippen LogP contribution in [0.2, 0.25) is 4.34 Å². The average molecular weight is 292 g/mol. The molecular weight excluding hydrogens is 278 g/mol. The summed E-state index contributed by atoms with van der Waals surface area (Å²) in [4.78, 5) is 5.59. The Hall–Kier alpha value is -1.36. The number of thiophene rings is 1. The zero-order valence-corrected chi connectivity index (χ0v) is 12.0. The van der Waals surface area contributed by atoms with Crippen molar-refractivity contribution in [2.45, 2.75) is 19.0 Å². The highest BCUT2D eigenvalue weighted by Gasteiger charge is 2.21. The first-order chi connectivity index (χ1) is 9.16. The average Bonchev–Trinajstić information content (AvgIpc) is 2.98. The largest absolute Gasteiger partial charge is 0.326 e. The third kappa shape index (κ3) is 2.27. The van der Waals surface area contributed by atoms with Crippen LogP contribution in [0.15, 0.2) is 42.7 Å². The van der Waals surface area contributed by atoms with Gasteiger partial charge in [-0.05, 0) is 31.2 Å². The highest BCUT2D eigenvalue weighted by molar-refractivity contribution is 7.16. The van der Waals surface area contributed by atoms with E-state index in [1.807, 2.05) is 43.6 Å². The summed E-state index contributed by atoms with van der Waals surface area (Å²) in [5.74, 6) is 0. The summed E-state index contributed by atoms with van der Waals surface area (Å²) < 4.78 is 2.91. The normalized spacial score (nSPS) is 14.7. The van der Waals surface area contributed by atoms with E-state index in [0.29, 0.717) is 0 Å². The molecule has 1 aromatic carbocycles. The summed E-state index contributed by atoms with van der Waals surface area (Å²) in [5, 5.41) is 0. The molecule has 2 N–H and O–H groups in total. The number of hydrogen-bond acceptors (Lipinski definition) is 3. The summed E-state index contributed by atoms with van der Waals surface area (Å²) in [6.07, 6.45) is 1.85. The molecule has 2 heterocycles. The van der Waals surface area contributed by atoms with Crippen LogP contribution in [0.25, 0.3) is 11.0 Å². The Morgan fingerprint density at radius 2 is 2.05 bits per heavy atom. The Morgan fingerprint density at radius 1 is 1.26 bits per heavy atom. The Balaban J connectivity index is 2.15. The second-order valence-corrected chi connectivity index (χ2v) is 6.33. The van der Waals surface area contributed by atoms with Crippen molar-refractivity contribution >= 4 is 34.0 Å². The molecule has 0 aliphatic heterocycles. The minimum atomic E-state index is -0.0210. The molecule has 2 aromatic heterocycles. The highest BCUT2D eigenvalue weighted by atomic mass is 35.5. The topological polar surface area (TPSA) is 43.8 Å². The summed E-state index contributed by atoms with van der Waals surface area (Å²) in [7, 11) is 0. The van der Waals surface area contributed by atoms with E-state index in [1.165, 1.54) is 0 Å². The van der Waals surface area contributed by atoms with Gasteiger partial charge in [-0.1, -0.05) is 23.7 Å². The van der Waals surface area contributed by atoms with Crippen LogP contribution in [0.4, 0.5) is 0 Å². The van der Waals surface area contributed by atoms with Crippen molar-refractivity contribution in [1.29, 1.82) is 0 Å². The summed E-state index contributed by atoms with van der Waals surface area (Å²) >= 11 is 7.61. The number of rotatable bonds is 3. The third-order valence-corrected chi connectivity index (χ3v) is 4.47. The molecule has 2 unspecified atom stereocenters. The van der Waals surface area contributed by atoms with Crippen molar-refractivity contribution in [2.24, 2.45) is 5.73 Å². The minimum Gasteiger partial charge on any atom is -0.326 e. The molecule has 0 aliphatic rings. The van der Waals surface area contributed by atoms with Crippen LogP contribution < -0.4 is 5.73 Å². The maximum atomic E-state index is 6.18. The quantitative estimate of drug-likeness (QED) is 0.800. The lowest BCUT2D eigenvalue weighted by atomic mass is 10.1. The lowest BCUT2D eigenvalue weighted by Gasteiger charge is -2.22. The van der Waals surface area contributed by atoms with Crippen LogP contribution >= 0.6 is 22.9 Å². The van der Waals surface area contributed by atoms with Crippen molar-refractivity contribution in [3.63, 3.8) is 0 Å². The van der Waals surface area contributed by atoms with Gasteiger partial charge in [0.2, 0.25) is 0 Å². The Morgan fingerprint density at radius 3 is 2.74 bits per heavy atom. The zero-order valence-electron chi connectivity index (χ0n) is 10.5. The van der Waals surface area contributed by atoms with E-state index in [4.69, 9.17) is 17.3 Å². The SMILES string of the molecule is CC(N)C(c1ccc(Cl)s1)n1cnc2ccccc21. The molecule has 0 bridgehead atoms. The van der Waals surface area contributed by atoms with Crippen molar-refractivity contribution in [3.8, 4) is 0 Å². The molecule has 0 saturated heterocycles. The predicted octanol–water partition coefficient (Wildman–Crippen LogP) is 3.69. The van der Waals surface area contributed by atoms with Gasteiger partial charge in [0.15, 0.2) is 0 Å². The number of aromatic nitrogens is 2. The van der Waals surface area contributed by atoms with Gasteiger partial charge in [-0.2, -0.15) is 0 Å². The van der Waals surface area contributed by atoms with E-state index in [1.54, 1.807) is 11.3 Å². The number of para-hydroxylation sites is 2. The summed E-state index contributed by atoms with van der Waals surface area (Å²) in [6, 6.07) is 12.1. The number of halogens is 1. The smallest absolute Gasteiger partial charge is 0.0964 e. The number of nitrogens with zero attached hydrogens (tertiary/aromatic N) is 2. The fourth-order valence-corrected chi connectivity index (χ4v) is 3.61. The van der Waals surface area contributed by atoms with Gasteiger partial charge >= 0.3 is 0 Å². The maximum Gasteiger partial charge on any atom is 0.0964 e. The molecule has 5 heteroatoms. The molecule has 0 radical (unpaired) electrons. The Kier molecular flexibility index (Phi) is 3.31. The van der Waals surface area contributed by atoms with Crippen LogP contribution in [-0.4, -0.2) is 15.6 Å². The lowest BCUT2D eigenvalue weighted by molar-refractivity contribution is 0.514. The molecule has 0 aliphatic carbocycles. The van der Waals surface area contributed by atoms with Crippen LogP contribution in [0.5, 0.6) is 0 Å². The number of fused-ring (bicyclic) bond motifs is 1. The van der Waals surface area contributed by atoms with Gasteiger partial charge in [-0.15, -0.1) is 11.3 Å². The van der Waals surface area contributed by atoms with Gasteiger partial charge in [-0.25, -0.2) is 4.98 Å². The molecule has 0 spiro atoms. The first-order valence-electron chi connectivity index (χ1n) is 6.09. The van der Waals surface area contributed by atoms with Gasteiger partial charge in [-0.3, -0.25) is 0 Å². The van der Waals surface area contributed by atoms with Crippen molar-refractivity contribution in [1.82, 2.24) is 9.55 Å². The minimum absolute atomic E-state index is 0.0210. The first kappa shape index (κ1) is 12.7. The van der Waals surface area contributed by atoms with Gasteiger partial charge in [0.25, 0.3) is 0 Å². The van der Waals surface area contributed by atoms with Crippen molar-refractivity contribution in [3.05, 3.63) is 51.9 Å². The monoisotopic (exact) mass is 291 g/mol. The highest BCUT2D eigenvalue weighted by Crippen LogP contribution is 2.32. The first-order valence-corrected chi connectivity index (χ1v) is 7.28. The molecule has 19 heavy (non-hydrogen) atoms. The van der Waals surface area contributed by atoms with Crippen LogP contribution in [0.3, 0.4) is 0 Å². The van der Waals surface area contributed by atoms with Crippen molar-refractivity contribution < 1.29 is 0 Å². The predicted molar refractivity (Wildman–Crippen MR) is 80.9 cm³/mol. The summed E-state index contributed by atoms with van der Waals surface area (Å²) in [6.45, 7) is 2.01. The summed E-state index contributed by atoms with van der Waals surface area (Å²) in [5.41, 5.74) is 8.25. The van der Waals surface area contributed by atoms with Crippen LogP contribution in [0, 0.1) is 0 Å². The van der Waals surface area contributed by atoms with Gasteiger partial charge in [0.1, 0.15) is 0 Å². The standard InChI is InChI=1S/C14H14ClN3S/c1-9(16)14(12-6-7-13(15)19-12)18-8-17-10-4-2-3-5-11(10)18/h2-9,14H,16H2,1H3. The molecule has 98 valence electrons. The second kappa shape index (κ2) is 4.96. The van der Waals surface area contributed by atoms with Gasteiger partial charge in [0, 0.05) is 10.9 Å². The lowest BCUT2D eigenvalue weighted by Crippen LogP contribution is -2.29. The van der Waals surface area contributed by atoms with E-state index in [9.17, 15) is 0 Å². The maximum absolute atomic E-state index is 6.18. The van der Waals surface area contributed by atoms with Crippen LogP contribution in [-0.2, 0) is 0 Å². The Bertz CT molecular complexity index is 701. The van der Waals surface area contributed by atoms with Gasteiger partial charge < -0.3 is 10.3 Å². The van der Waals surface area contributed by atoms with E-state index < -0.39 is 0 Å².